The molecular weight excluding hydrogens is 393 g/mol. The van der Waals surface area contributed by atoms with Gasteiger partial charge >= 0.3 is 0 Å². The molecule has 0 amide bonds. The monoisotopic (exact) mass is 403 g/mol. The van der Waals surface area contributed by atoms with Gasteiger partial charge in [-0.1, -0.05) is 22.0 Å². The topological polar surface area (TPSA) is 35.2 Å². The highest BCUT2D eigenvalue weighted by atomic mass is 127. The Kier molecular flexibility index (Phi) is 4.28. The third kappa shape index (κ3) is 3.61. The maximum Gasteiger partial charge on any atom is 0.119 e. The first kappa shape index (κ1) is 12.7. The van der Waals surface area contributed by atoms with Crippen LogP contribution in [0, 0.1) is 3.57 Å². The average Bonchev–Trinajstić information content (AvgIpc) is 2.30. The lowest BCUT2D eigenvalue weighted by Gasteiger charge is -2.08. The van der Waals surface area contributed by atoms with Gasteiger partial charge in [0.25, 0.3) is 0 Å². The molecule has 0 bridgehead atoms. The van der Waals surface area contributed by atoms with Gasteiger partial charge in [0.05, 0.1) is 0 Å². The number of halogens is 2. The first-order valence-corrected chi connectivity index (χ1v) is 6.94. The molecule has 2 aromatic rings. The number of hydrogen-bond donors (Lipinski definition) is 1. The van der Waals surface area contributed by atoms with E-state index in [0.717, 1.165) is 21.5 Å². The molecule has 0 atom stereocenters. The quantitative estimate of drug-likeness (QED) is 0.615. The van der Waals surface area contributed by atoms with Crippen LogP contribution >= 0.6 is 38.5 Å². The maximum absolute atomic E-state index is 5.69. The molecule has 2 aromatic carbocycles. The molecule has 0 unspecified atom stereocenters. The van der Waals surface area contributed by atoms with Gasteiger partial charge in [0.2, 0.25) is 0 Å². The second-order valence-electron chi connectivity index (χ2n) is 3.59. The highest BCUT2D eigenvalue weighted by Crippen LogP contribution is 2.22. The van der Waals surface area contributed by atoms with E-state index in [4.69, 9.17) is 10.5 Å². The van der Waals surface area contributed by atoms with E-state index in [2.05, 4.69) is 38.5 Å². The summed E-state index contributed by atoms with van der Waals surface area (Å²) >= 11 is 5.74. The summed E-state index contributed by atoms with van der Waals surface area (Å²) in [5.74, 6) is 0.870. The van der Waals surface area contributed by atoms with Crippen LogP contribution in [0.5, 0.6) is 5.75 Å². The lowest BCUT2D eigenvalue weighted by atomic mass is 10.2. The van der Waals surface area contributed by atoms with E-state index >= 15 is 0 Å². The smallest absolute Gasteiger partial charge is 0.119 e. The Labute approximate surface area is 122 Å². The molecule has 4 heteroatoms. The predicted octanol–water partition coefficient (Wildman–Crippen LogP) is 4.21. The summed E-state index contributed by atoms with van der Waals surface area (Å²) in [5.41, 5.74) is 7.51. The molecule has 0 saturated carbocycles. The largest absolute Gasteiger partial charge is 0.489 e. The van der Waals surface area contributed by atoms with Gasteiger partial charge in [-0.25, -0.2) is 0 Å². The zero-order valence-electron chi connectivity index (χ0n) is 8.99. The zero-order valence-corrected chi connectivity index (χ0v) is 12.7. The first-order chi connectivity index (χ1) is 8.15. The number of ether oxygens (including phenoxy) is 1. The van der Waals surface area contributed by atoms with Crippen LogP contribution in [0.2, 0.25) is 0 Å². The van der Waals surface area contributed by atoms with Crippen molar-refractivity contribution in [3.05, 3.63) is 56.1 Å². The standard InChI is InChI=1S/C13H11BrINO/c14-13-7-11(16)4-1-9(13)8-17-12-5-2-10(15)3-6-12/h1-7H,8,16H2. The Hall–Kier alpha value is -0.750. The van der Waals surface area contributed by atoms with Crippen LogP contribution in [-0.4, -0.2) is 0 Å². The van der Waals surface area contributed by atoms with E-state index in [-0.39, 0.29) is 0 Å². The van der Waals surface area contributed by atoms with Crippen LogP contribution in [0.1, 0.15) is 5.56 Å². The maximum atomic E-state index is 5.69. The summed E-state index contributed by atoms with van der Waals surface area (Å²) in [4.78, 5) is 0. The Morgan fingerprint density at radius 2 is 1.82 bits per heavy atom. The van der Waals surface area contributed by atoms with Crippen molar-refractivity contribution in [3.63, 3.8) is 0 Å². The number of nitrogen functional groups attached to an aromatic ring is 1. The molecule has 0 radical (unpaired) electrons. The first-order valence-electron chi connectivity index (χ1n) is 5.07. The molecule has 2 nitrogen and oxygen atoms in total. The van der Waals surface area contributed by atoms with Gasteiger partial charge in [-0.2, -0.15) is 0 Å². The van der Waals surface area contributed by atoms with Crippen molar-refractivity contribution in [1.82, 2.24) is 0 Å². The molecule has 2 N–H and O–H groups in total. The minimum absolute atomic E-state index is 0.529. The van der Waals surface area contributed by atoms with Crippen molar-refractivity contribution in [1.29, 1.82) is 0 Å². The second-order valence-corrected chi connectivity index (χ2v) is 5.69. The normalized spacial score (nSPS) is 10.2. The third-order valence-electron chi connectivity index (χ3n) is 2.29. The summed E-state index contributed by atoms with van der Waals surface area (Å²) < 4.78 is 7.87. The molecule has 2 rings (SSSR count). The van der Waals surface area contributed by atoms with Crippen LogP contribution in [0.4, 0.5) is 5.69 Å². The van der Waals surface area contributed by atoms with Crippen molar-refractivity contribution in [2.45, 2.75) is 6.61 Å². The Balaban J connectivity index is 2.04. The summed E-state index contributed by atoms with van der Waals surface area (Å²) in [6, 6.07) is 13.7. The van der Waals surface area contributed by atoms with E-state index < -0.39 is 0 Å². The van der Waals surface area contributed by atoms with Crippen LogP contribution in [0.25, 0.3) is 0 Å². The minimum Gasteiger partial charge on any atom is -0.489 e. The van der Waals surface area contributed by atoms with Gasteiger partial charge in [0.15, 0.2) is 0 Å². The summed E-state index contributed by atoms with van der Waals surface area (Å²) in [6.45, 7) is 0.529. The van der Waals surface area contributed by atoms with Gasteiger partial charge in [0, 0.05) is 19.3 Å². The fraction of sp³-hybridized carbons (Fsp3) is 0.0769. The Bertz CT molecular complexity index is 513. The molecule has 0 spiro atoms. The lowest BCUT2D eigenvalue weighted by molar-refractivity contribution is 0.305. The number of anilines is 1. The van der Waals surface area contributed by atoms with Gasteiger partial charge in [-0.15, -0.1) is 0 Å². The van der Waals surface area contributed by atoms with E-state index in [0.29, 0.717) is 6.61 Å². The summed E-state index contributed by atoms with van der Waals surface area (Å²) in [6.07, 6.45) is 0. The molecule has 88 valence electrons. The predicted molar refractivity (Wildman–Crippen MR) is 82.0 cm³/mol. The van der Waals surface area contributed by atoms with Crippen molar-refractivity contribution >= 4 is 44.2 Å². The van der Waals surface area contributed by atoms with Gasteiger partial charge in [0.1, 0.15) is 12.4 Å². The SMILES string of the molecule is Nc1ccc(COc2ccc(I)cc2)c(Br)c1. The molecule has 17 heavy (non-hydrogen) atoms. The summed E-state index contributed by atoms with van der Waals surface area (Å²) in [7, 11) is 0. The van der Waals surface area contributed by atoms with Crippen molar-refractivity contribution in [2.24, 2.45) is 0 Å². The number of rotatable bonds is 3. The van der Waals surface area contributed by atoms with Crippen LogP contribution in [0.15, 0.2) is 46.9 Å². The van der Waals surface area contributed by atoms with Crippen LogP contribution in [-0.2, 0) is 6.61 Å². The molecule has 0 heterocycles. The molecule has 0 fully saturated rings. The minimum atomic E-state index is 0.529. The van der Waals surface area contributed by atoms with Crippen molar-refractivity contribution < 1.29 is 4.74 Å². The highest BCUT2D eigenvalue weighted by molar-refractivity contribution is 14.1. The molecular formula is C13H11BrINO. The molecule has 0 aliphatic heterocycles. The fourth-order valence-corrected chi connectivity index (χ4v) is 2.24. The van der Waals surface area contributed by atoms with Crippen molar-refractivity contribution in [3.8, 4) is 5.75 Å². The van der Waals surface area contributed by atoms with E-state index in [9.17, 15) is 0 Å². The molecule has 0 aromatic heterocycles. The molecule has 0 aliphatic carbocycles. The summed E-state index contributed by atoms with van der Waals surface area (Å²) in [5, 5.41) is 0. The van der Waals surface area contributed by atoms with Crippen molar-refractivity contribution in [2.75, 3.05) is 5.73 Å². The number of hydrogen-bond acceptors (Lipinski definition) is 2. The number of benzene rings is 2. The van der Waals surface area contributed by atoms with Gasteiger partial charge in [-0.3, -0.25) is 0 Å². The lowest BCUT2D eigenvalue weighted by Crippen LogP contribution is -1.97. The Morgan fingerprint density at radius 1 is 1.12 bits per heavy atom. The number of nitrogens with two attached hydrogens (primary N) is 1. The zero-order chi connectivity index (χ0) is 12.3. The van der Waals surface area contributed by atoms with E-state index in [1.54, 1.807) is 0 Å². The third-order valence-corrected chi connectivity index (χ3v) is 3.74. The van der Waals surface area contributed by atoms with Crippen LogP contribution in [0.3, 0.4) is 0 Å². The molecule has 0 saturated heterocycles. The van der Waals surface area contributed by atoms with E-state index in [1.165, 1.54) is 3.57 Å². The molecule has 0 aliphatic rings. The van der Waals surface area contributed by atoms with Gasteiger partial charge < -0.3 is 10.5 Å². The fourth-order valence-electron chi connectivity index (χ4n) is 1.37. The van der Waals surface area contributed by atoms with Gasteiger partial charge in [-0.05, 0) is 59.0 Å². The highest BCUT2D eigenvalue weighted by Gasteiger charge is 2.01. The average molecular weight is 404 g/mol. The van der Waals surface area contributed by atoms with E-state index in [1.807, 2.05) is 42.5 Å². The van der Waals surface area contributed by atoms with Crippen LogP contribution < -0.4 is 10.5 Å². The second kappa shape index (κ2) is 5.73. The Morgan fingerprint density at radius 3 is 2.47 bits per heavy atom.